The lowest BCUT2D eigenvalue weighted by Gasteiger charge is -2.32. The topological polar surface area (TPSA) is 155 Å². The second-order valence-corrected chi connectivity index (χ2v) is 11.3. The Hall–Kier alpha value is -1.29. The Morgan fingerprint density at radius 1 is 1.03 bits per heavy atom. The quantitative estimate of drug-likeness (QED) is 0.0614. The maximum atomic E-state index is 12.2. The Kier molecular flexibility index (Phi) is 19.7. The number of carboxylic acid groups (broad SMARTS) is 1. The summed E-state index contributed by atoms with van der Waals surface area (Å²) in [5, 5.41) is 8.76. The first kappa shape index (κ1) is 34.7. The molecule has 0 saturated carbocycles. The van der Waals surface area contributed by atoms with Crippen LogP contribution in [0.15, 0.2) is 12.2 Å². The van der Waals surface area contributed by atoms with Crippen LogP contribution in [0.25, 0.3) is 0 Å². The summed E-state index contributed by atoms with van der Waals surface area (Å²) in [6, 6.07) is -1.45. The van der Waals surface area contributed by atoms with E-state index in [0.717, 1.165) is 32.1 Å². The van der Waals surface area contributed by atoms with Gasteiger partial charge >= 0.3 is 19.8 Å². The Bertz CT molecular complexity index is 719. The SMILES string of the molecule is CCCCCCCC/C=C\CCCCCCCC(=O)OCC1OCCC[C@@H]1OP(=O)(O)OC[C@H](N)C(=O)O. The fraction of sp³-hybridized carbons (Fsp3) is 0.852. The van der Waals surface area contributed by atoms with Gasteiger partial charge in [-0.2, -0.15) is 0 Å². The van der Waals surface area contributed by atoms with Crippen LogP contribution >= 0.6 is 7.82 Å². The van der Waals surface area contributed by atoms with E-state index in [0.29, 0.717) is 25.9 Å². The average molecular weight is 564 g/mol. The van der Waals surface area contributed by atoms with Crippen molar-refractivity contribution in [2.75, 3.05) is 19.8 Å². The minimum atomic E-state index is -4.55. The fourth-order valence-electron chi connectivity index (χ4n) is 4.12. The molecule has 1 rings (SSSR count). The van der Waals surface area contributed by atoms with Gasteiger partial charge in [0.25, 0.3) is 0 Å². The molecule has 11 heteroatoms. The summed E-state index contributed by atoms with van der Waals surface area (Å²) in [6.45, 7) is 1.89. The Morgan fingerprint density at radius 2 is 1.63 bits per heavy atom. The highest BCUT2D eigenvalue weighted by Gasteiger charge is 2.36. The number of carboxylic acids is 1. The molecule has 1 heterocycles. The lowest BCUT2D eigenvalue weighted by atomic mass is 10.1. The maximum Gasteiger partial charge on any atom is 0.472 e. The summed E-state index contributed by atoms with van der Waals surface area (Å²) >= 11 is 0. The number of carbonyl (C=O) groups is 2. The molecule has 0 amide bonds. The van der Waals surface area contributed by atoms with Crippen LogP contribution in [0.3, 0.4) is 0 Å². The molecule has 10 nitrogen and oxygen atoms in total. The van der Waals surface area contributed by atoms with Crippen LogP contribution in [0.2, 0.25) is 0 Å². The predicted molar refractivity (Wildman–Crippen MR) is 146 cm³/mol. The van der Waals surface area contributed by atoms with Crippen molar-refractivity contribution in [1.29, 1.82) is 0 Å². The molecular weight excluding hydrogens is 513 g/mol. The molecule has 1 aliphatic rings. The number of hydrogen-bond acceptors (Lipinski definition) is 8. The smallest absolute Gasteiger partial charge is 0.472 e. The van der Waals surface area contributed by atoms with Crippen LogP contribution in [-0.2, 0) is 32.7 Å². The van der Waals surface area contributed by atoms with Crippen molar-refractivity contribution in [2.24, 2.45) is 5.73 Å². The molecule has 2 unspecified atom stereocenters. The largest absolute Gasteiger partial charge is 0.480 e. The van der Waals surface area contributed by atoms with Crippen molar-refractivity contribution < 1.29 is 42.7 Å². The summed E-state index contributed by atoms with van der Waals surface area (Å²) in [7, 11) is -4.55. The Balaban J connectivity index is 2.11. The van der Waals surface area contributed by atoms with Gasteiger partial charge in [0.1, 0.15) is 18.8 Å². The third-order valence-electron chi connectivity index (χ3n) is 6.43. The first-order valence-electron chi connectivity index (χ1n) is 14.3. The van der Waals surface area contributed by atoms with Crippen molar-refractivity contribution in [3.05, 3.63) is 12.2 Å². The van der Waals surface area contributed by atoms with E-state index in [4.69, 9.17) is 24.8 Å². The van der Waals surface area contributed by atoms with Gasteiger partial charge in [-0.05, 0) is 44.9 Å². The number of allylic oxidation sites excluding steroid dienone is 2. The summed E-state index contributed by atoms with van der Waals surface area (Å²) in [4.78, 5) is 32.8. The molecule has 1 aliphatic heterocycles. The molecule has 0 spiro atoms. The van der Waals surface area contributed by atoms with Crippen molar-refractivity contribution >= 4 is 19.8 Å². The van der Waals surface area contributed by atoms with Gasteiger partial charge in [0.2, 0.25) is 0 Å². The molecule has 38 heavy (non-hydrogen) atoms. The zero-order chi connectivity index (χ0) is 28.1. The molecule has 0 aliphatic carbocycles. The number of hydrogen-bond donors (Lipinski definition) is 3. The van der Waals surface area contributed by atoms with Crippen molar-refractivity contribution in [1.82, 2.24) is 0 Å². The lowest BCUT2D eigenvalue weighted by molar-refractivity contribution is -0.154. The van der Waals surface area contributed by atoms with E-state index in [1.807, 2.05) is 0 Å². The third kappa shape index (κ3) is 18.1. The van der Waals surface area contributed by atoms with Crippen LogP contribution < -0.4 is 5.73 Å². The molecule has 222 valence electrons. The van der Waals surface area contributed by atoms with E-state index in [9.17, 15) is 19.0 Å². The van der Waals surface area contributed by atoms with E-state index in [2.05, 4.69) is 23.6 Å². The molecule has 0 radical (unpaired) electrons. The van der Waals surface area contributed by atoms with Gasteiger partial charge in [0, 0.05) is 13.0 Å². The third-order valence-corrected chi connectivity index (χ3v) is 7.45. The van der Waals surface area contributed by atoms with Gasteiger partial charge in [-0.15, -0.1) is 0 Å². The molecule has 0 aromatic rings. The minimum absolute atomic E-state index is 0.0940. The molecular formula is C27H50NO9P. The first-order chi connectivity index (χ1) is 18.2. The zero-order valence-corrected chi connectivity index (χ0v) is 24.0. The monoisotopic (exact) mass is 563 g/mol. The lowest BCUT2D eigenvalue weighted by Crippen LogP contribution is -2.40. The van der Waals surface area contributed by atoms with Crippen molar-refractivity contribution in [3.8, 4) is 0 Å². The molecule has 1 saturated heterocycles. The highest BCUT2D eigenvalue weighted by molar-refractivity contribution is 7.47. The number of esters is 1. The maximum absolute atomic E-state index is 12.2. The van der Waals surface area contributed by atoms with Crippen LogP contribution in [-0.4, -0.2) is 60.0 Å². The fourth-order valence-corrected chi connectivity index (χ4v) is 5.12. The van der Waals surface area contributed by atoms with Gasteiger partial charge in [-0.1, -0.05) is 70.4 Å². The predicted octanol–water partition coefficient (Wildman–Crippen LogP) is 5.66. The first-order valence-corrected chi connectivity index (χ1v) is 15.8. The number of rotatable bonds is 23. The second kappa shape index (κ2) is 21.5. The molecule has 4 atom stereocenters. The Morgan fingerprint density at radius 3 is 2.26 bits per heavy atom. The number of nitrogens with two attached hydrogens (primary N) is 1. The van der Waals surface area contributed by atoms with Gasteiger partial charge in [0.15, 0.2) is 0 Å². The second-order valence-electron chi connectivity index (χ2n) is 9.92. The van der Waals surface area contributed by atoms with Crippen molar-refractivity contribution in [2.45, 2.75) is 128 Å². The van der Waals surface area contributed by atoms with E-state index >= 15 is 0 Å². The highest BCUT2D eigenvalue weighted by atomic mass is 31.2. The summed E-state index contributed by atoms with van der Waals surface area (Å²) in [5.74, 6) is -1.70. The molecule has 0 aromatic carbocycles. The van der Waals surface area contributed by atoms with Gasteiger partial charge in [-0.25, -0.2) is 4.57 Å². The number of aliphatic carboxylic acids is 1. The summed E-state index contributed by atoms with van der Waals surface area (Å²) < 4.78 is 32.9. The minimum Gasteiger partial charge on any atom is -0.480 e. The van der Waals surface area contributed by atoms with E-state index in [1.165, 1.54) is 51.4 Å². The number of phosphoric acid groups is 1. The highest BCUT2D eigenvalue weighted by Crippen LogP contribution is 2.46. The van der Waals surface area contributed by atoms with E-state index in [-0.39, 0.29) is 12.6 Å². The standard InChI is InChI=1S/C27H50NO9P/c1-2-3-4-5-6-7-8-9-10-11-12-13-14-15-16-19-26(29)35-22-25-24(18-17-20-34-25)37-38(32,33)36-21-23(28)27(30)31/h9-10,23-25H,2-8,11-22,28H2,1H3,(H,30,31)(H,32,33)/b10-9-/t23-,24-,25?/m0/s1. The van der Waals surface area contributed by atoms with E-state index in [1.54, 1.807) is 0 Å². The molecule has 0 aromatic heterocycles. The van der Waals surface area contributed by atoms with E-state index < -0.39 is 38.6 Å². The number of carbonyl (C=O) groups excluding carboxylic acids is 1. The summed E-state index contributed by atoms with van der Waals surface area (Å²) in [5.41, 5.74) is 5.28. The van der Waals surface area contributed by atoms with Crippen LogP contribution in [0.1, 0.15) is 110 Å². The van der Waals surface area contributed by atoms with Gasteiger partial charge in [0.05, 0.1) is 12.7 Å². The molecule has 0 bridgehead atoms. The van der Waals surface area contributed by atoms with Gasteiger partial charge in [-0.3, -0.25) is 18.6 Å². The summed E-state index contributed by atoms with van der Waals surface area (Å²) in [6.07, 6.45) is 19.8. The molecule has 4 N–H and O–H groups in total. The molecule has 1 fully saturated rings. The normalized spacial score (nSPS) is 20.3. The van der Waals surface area contributed by atoms with Crippen LogP contribution in [0, 0.1) is 0 Å². The van der Waals surface area contributed by atoms with Gasteiger partial charge < -0.3 is 25.2 Å². The number of ether oxygens (including phenoxy) is 2. The van der Waals surface area contributed by atoms with Crippen LogP contribution in [0.4, 0.5) is 0 Å². The zero-order valence-electron chi connectivity index (χ0n) is 23.1. The number of unbranched alkanes of at least 4 members (excludes halogenated alkanes) is 11. The number of phosphoric ester groups is 1. The van der Waals surface area contributed by atoms with Crippen molar-refractivity contribution in [3.63, 3.8) is 0 Å². The average Bonchev–Trinajstić information content (AvgIpc) is 2.88. The Labute approximate surface area is 228 Å². The van der Waals surface area contributed by atoms with Crippen LogP contribution in [0.5, 0.6) is 0 Å².